The first-order valence-corrected chi connectivity index (χ1v) is 7.96. The Hall–Kier alpha value is -0.590. The Bertz CT molecular complexity index is 546. The summed E-state index contributed by atoms with van der Waals surface area (Å²) in [5.41, 5.74) is 0. The van der Waals surface area contributed by atoms with Gasteiger partial charge in [-0.25, -0.2) is 12.8 Å². The maximum atomic E-state index is 13.6. The molecule has 2 heterocycles. The van der Waals surface area contributed by atoms with Crippen LogP contribution in [0.2, 0.25) is 0 Å². The molecule has 2 atom stereocenters. The van der Waals surface area contributed by atoms with Gasteiger partial charge < -0.3 is 0 Å². The van der Waals surface area contributed by atoms with Crippen LogP contribution in [0, 0.1) is 5.82 Å². The topological polar surface area (TPSA) is 37.4 Å². The van der Waals surface area contributed by atoms with Crippen LogP contribution in [0.25, 0.3) is 0 Å². The highest BCUT2D eigenvalue weighted by molar-refractivity contribution is 8.00. The quantitative estimate of drug-likeness (QED) is 0.823. The van der Waals surface area contributed by atoms with Gasteiger partial charge in [0.05, 0.1) is 0 Å². The minimum absolute atomic E-state index is 0.0506. The predicted molar refractivity (Wildman–Crippen MR) is 64.9 cm³/mol. The molecule has 3 nitrogen and oxygen atoms in total. The fourth-order valence-corrected chi connectivity index (χ4v) is 5.81. The molecule has 2 unspecified atom stereocenters. The highest BCUT2D eigenvalue weighted by Crippen LogP contribution is 2.40. The second-order valence-corrected chi connectivity index (χ2v) is 7.54. The van der Waals surface area contributed by atoms with Crippen molar-refractivity contribution in [1.29, 1.82) is 0 Å². The lowest BCUT2D eigenvalue weighted by atomic mass is 10.3. The molecule has 0 radical (unpaired) electrons. The molecule has 2 aliphatic rings. The van der Waals surface area contributed by atoms with Gasteiger partial charge in [-0.2, -0.15) is 16.1 Å². The van der Waals surface area contributed by atoms with E-state index in [1.807, 2.05) is 11.8 Å². The molecular formula is C11H12FNO2S2. The van der Waals surface area contributed by atoms with Gasteiger partial charge in [0, 0.05) is 23.6 Å². The van der Waals surface area contributed by atoms with Crippen molar-refractivity contribution in [2.24, 2.45) is 0 Å². The van der Waals surface area contributed by atoms with Crippen molar-refractivity contribution in [3.8, 4) is 0 Å². The lowest BCUT2D eigenvalue weighted by molar-refractivity contribution is 0.406. The molecule has 2 bridgehead atoms. The Balaban J connectivity index is 2.00. The van der Waals surface area contributed by atoms with Crippen LogP contribution < -0.4 is 0 Å². The van der Waals surface area contributed by atoms with E-state index in [1.54, 1.807) is 6.07 Å². The van der Waals surface area contributed by atoms with Crippen LogP contribution in [0.3, 0.4) is 0 Å². The summed E-state index contributed by atoms with van der Waals surface area (Å²) in [6.45, 7) is 0.520. The molecule has 0 saturated carbocycles. The standard InChI is InChI=1S/C11H12FNO2S2/c12-10-3-1-2-4-11(10)17(14,15)13-6-9-5-8(13)7-16-9/h1-4,8-9H,5-7H2. The molecule has 0 N–H and O–H groups in total. The Kier molecular flexibility index (Phi) is 2.68. The molecule has 1 aromatic rings. The average Bonchev–Trinajstić information content (AvgIpc) is 2.91. The Morgan fingerprint density at radius 2 is 2.12 bits per heavy atom. The van der Waals surface area contributed by atoms with Gasteiger partial charge in [0.15, 0.2) is 0 Å². The Labute approximate surface area is 104 Å². The number of rotatable bonds is 2. The molecule has 2 aliphatic heterocycles. The van der Waals surface area contributed by atoms with E-state index < -0.39 is 15.8 Å². The van der Waals surface area contributed by atoms with Gasteiger partial charge in [0.1, 0.15) is 10.7 Å². The van der Waals surface area contributed by atoms with E-state index in [4.69, 9.17) is 0 Å². The summed E-state index contributed by atoms with van der Waals surface area (Å²) in [6, 6.07) is 5.63. The normalized spacial score (nSPS) is 28.8. The van der Waals surface area contributed by atoms with Crippen molar-refractivity contribution in [2.75, 3.05) is 12.3 Å². The van der Waals surface area contributed by atoms with Crippen molar-refractivity contribution in [3.05, 3.63) is 30.1 Å². The smallest absolute Gasteiger partial charge is 0.207 e. The zero-order valence-corrected chi connectivity index (χ0v) is 10.7. The number of hydrogen-bond donors (Lipinski definition) is 0. The van der Waals surface area contributed by atoms with Gasteiger partial charge in [-0.3, -0.25) is 0 Å². The second-order valence-electron chi connectivity index (χ2n) is 4.35. The second kappa shape index (κ2) is 3.96. The van der Waals surface area contributed by atoms with Gasteiger partial charge in [-0.1, -0.05) is 12.1 Å². The fourth-order valence-electron chi connectivity index (χ4n) is 2.44. The number of sulfonamides is 1. The zero-order valence-electron chi connectivity index (χ0n) is 9.04. The Morgan fingerprint density at radius 1 is 1.35 bits per heavy atom. The maximum absolute atomic E-state index is 13.6. The summed E-state index contributed by atoms with van der Waals surface area (Å²) < 4.78 is 39.7. The average molecular weight is 273 g/mol. The minimum atomic E-state index is -3.66. The van der Waals surface area contributed by atoms with Gasteiger partial charge in [0.2, 0.25) is 10.0 Å². The van der Waals surface area contributed by atoms with Crippen molar-refractivity contribution < 1.29 is 12.8 Å². The third-order valence-electron chi connectivity index (χ3n) is 3.27. The SMILES string of the molecule is O=S(=O)(c1ccccc1F)N1CC2CC1CS2. The predicted octanol–water partition coefficient (Wildman–Crippen LogP) is 1.70. The first-order valence-electron chi connectivity index (χ1n) is 5.47. The highest BCUT2D eigenvalue weighted by atomic mass is 32.2. The maximum Gasteiger partial charge on any atom is 0.246 e. The monoisotopic (exact) mass is 273 g/mol. The summed E-state index contributed by atoms with van der Waals surface area (Å²) in [4.78, 5) is -0.197. The summed E-state index contributed by atoms with van der Waals surface area (Å²) in [7, 11) is -3.66. The third-order valence-corrected chi connectivity index (χ3v) is 6.62. The van der Waals surface area contributed by atoms with E-state index >= 15 is 0 Å². The fraction of sp³-hybridized carbons (Fsp3) is 0.455. The lowest BCUT2D eigenvalue weighted by Gasteiger charge is -2.25. The molecule has 0 spiro atoms. The van der Waals surface area contributed by atoms with Crippen LogP contribution >= 0.6 is 11.8 Å². The van der Waals surface area contributed by atoms with Crippen LogP contribution in [0.1, 0.15) is 6.42 Å². The molecule has 92 valence electrons. The van der Waals surface area contributed by atoms with Crippen molar-refractivity contribution in [2.45, 2.75) is 22.6 Å². The van der Waals surface area contributed by atoms with Crippen LogP contribution in [0.4, 0.5) is 4.39 Å². The van der Waals surface area contributed by atoms with Crippen LogP contribution in [0.5, 0.6) is 0 Å². The first-order chi connectivity index (χ1) is 8.09. The summed E-state index contributed by atoms with van der Waals surface area (Å²) in [5, 5.41) is 0.390. The van der Waals surface area contributed by atoms with Crippen LogP contribution in [-0.2, 0) is 10.0 Å². The number of hydrogen-bond acceptors (Lipinski definition) is 3. The number of fused-ring (bicyclic) bond motifs is 2. The lowest BCUT2D eigenvalue weighted by Crippen LogP contribution is -2.39. The number of benzene rings is 1. The van der Waals surface area contributed by atoms with Gasteiger partial charge in [-0.05, 0) is 18.6 Å². The largest absolute Gasteiger partial charge is 0.246 e. The van der Waals surface area contributed by atoms with Crippen LogP contribution in [0.15, 0.2) is 29.2 Å². The van der Waals surface area contributed by atoms with Gasteiger partial charge in [-0.15, -0.1) is 0 Å². The molecular weight excluding hydrogens is 261 g/mol. The highest BCUT2D eigenvalue weighted by Gasteiger charge is 2.45. The van der Waals surface area contributed by atoms with E-state index in [2.05, 4.69) is 0 Å². The van der Waals surface area contributed by atoms with Crippen LogP contribution in [-0.4, -0.2) is 36.3 Å². The van der Waals surface area contributed by atoms with E-state index in [9.17, 15) is 12.8 Å². The Morgan fingerprint density at radius 3 is 2.71 bits per heavy atom. The molecule has 2 saturated heterocycles. The summed E-state index contributed by atoms with van der Waals surface area (Å²) in [6.07, 6.45) is 0.901. The molecule has 6 heteroatoms. The van der Waals surface area contributed by atoms with E-state index in [0.717, 1.165) is 12.2 Å². The third kappa shape index (κ3) is 1.78. The summed E-state index contributed by atoms with van der Waals surface area (Å²) in [5.74, 6) is 0.168. The molecule has 0 aliphatic carbocycles. The molecule has 3 rings (SSSR count). The van der Waals surface area contributed by atoms with E-state index in [1.165, 1.54) is 22.5 Å². The molecule has 0 amide bonds. The minimum Gasteiger partial charge on any atom is -0.207 e. The van der Waals surface area contributed by atoms with Crippen molar-refractivity contribution >= 4 is 21.8 Å². The number of thioether (sulfide) groups is 1. The van der Waals surface area contributed by atoms with Crippen molar-refractivity contribution in [3.63, 3.8) is 0 Å². The molecule has 0 aromatic heterocycles. The molecule has 17 heavy (non-hydrogen) atoms. The summed E-state index contributed by atoms with van der Waals surface area (Å²) >= 11 is 1.81. The van der Waals surface area contributed by atoms with Crippen molar-refractivity contribution in [1.82, 2.24) is 4.31 Å². The zero-order chi connectivity index (χ0) is 12.0. The van der Waals surface area contributed by atoms with Gasteiger partial charge in [0.25, 0.3) is 0 Å². The van der Waals surface area contributed by atoms with E-state index in [0.29, 0.717) is 11.8 Å². The molecule has 2 fully saturated rings. The van der Waals surface area contributed by atoms with E-state index in [-0.39, 0.29) is 10.9 Å². The molecule has 1 aromatic carbocycles. The first kappa shape index (κ1) is 11.5. The number of nitrogens with zero attached hydrogens (tertiary/aromatic N) is 1. The number of halogens is 1. The van der Waals surface area contributed by atoms with Gasteiger partial charge >= 0.3 is 0 Å².